The van der Waals surface area contributed by atoms with Gasteiger partial charge < -0.3 is 15.4 Å². The van der Waals surface area contributed by atoms with E-state index in [2.05, 4.69) is 17.2 Å². The van der Waals surface area contributed by atoms with Crippen molar-refractivity contribution >= 4 is 12.0 Å². The maximum atomic E-state index is 12.2. The van der Waals surface area contributed by atoms with Gasteiger partial charge in [0.05, 0.1) is 0 Å². The van der Waals surface area contributed by atoms with Crippen LogP contribution in [0.25, 0.3) is 0 Å². The third-order valence-electron chi connectivity index (χ3n) is 2.71. The molecule has 1 rings (SSSR count). The molecule has 120 valence electrons. The zero-order chi connectivity index (χ0) is 16.6. The Morgan fingerprint density at radius 3 is 2.45 bits per heavy atom. The van der Waals surface area contributed by atoms with Crippen LogP contribution in [0.15, 0.2) is 43.0 Å². The maximum absolute atomic E-state index is 12.2. The van der Waals surface area contributed by atoms with E-state index in [-0.39, 0.29) is 5.91 Å². The summed E-state index contributed by atoms with van der Waals surface area (Å²) in [5.41, 5.74) is 0.344. The van der Waals surface area contributed by atoms with Crippen LogP contribution < -0.4 is 10.6 Å². The fourth-order valence-electron chi connectivity index (χ4n) is 1.80. The van der Waals surface area contributed by atoms with Gasteiger partial charge in [-0.2, -0.15) is 0 Å². The molecule has 2 N–H and O–H groups in total. The number of rotatable bonds is 6. The lowest BCUT2D eigenvalue weighted by molar-refractivity contribution is -0.123. The van der Waals surface area contributed by atoms with Crippen LogP contribution >= 0.6 is 0 Å². The average Bonchev–Trinajstić information content (AvgIpc) is 2.43. The first-order chi connectivity index (χ1) is 10.3. The van der Waals surface area contributed by atoms with Crippen molar-refractivity contribution in [2.24, 2.45) is 0 Å². The second kappa shape index (κ2) is 8.22. The lowest BCUT2D eigenvalue weighted by atomic mass is 10.1. The molecule has 0 radical (unpaired) electrons. The second-order valence-corrected chi connectivity index (χ2v) is 5.92. The minimum absolute atomic E-state index is 0.269. The van der Waals surface area contributed by atoms with Gasteiger partial charge in [-0.1, -0.05) is 36.4 Å². The molecule has 2 amide bonds. The lowest BCUT2D eigenvalue weighted by Crippen LogP contribution is -2.49. The van der Waals surface area contributed by atoms with E-state index in [0.29, 0.717) is 13.0 Å². The van der Waals surface area contributed by atoms with E-state index in [1.807, 2.05) is 30.3 Å². The predicted octanol–water partition coefficient (Wildman–Crippen LogP) is 2.42. The summed E-state index contributed by atoms with van der Waals surface area (Å²) in [7, 11) is 0. The summed E-state index contributed by atoms with van der Waals surface area (Å²) in [5, 5.41) is 5.32. The lowest BCUT2D eigenvalue weighted by Gasteiger charge is -2.23. The quantitative estimate of drug-likeness (QED) is 0.793. The molecule has 0 aliphatic rings. The number of benzene rings is 1. The molecule has 22 heavy (non-hydrogen) atoms. The van der Waals surface area contributed by atoms with Crippen LogP contribution in [0.4, 0.5) is 4.79 Å². The highest BCUT2D eigenvalue weighted by atomic mass is 16.6. The van der Waals surface area contributed by atoms with Crippen LogP contribution in [-0.2, 0) is 16.0 Å². The second-order valence-electron chi connectivity index (χ2n) is 5.92. The van der Waals surface area contributed by atoms with Gasteiger partial charge in [0.15, 0.2) is 0 Å². The summed E-state index contributed by atoms with van der Waals surface area (Å²) in [6, 6.07) is 8.80. The third-order valence-corrected chi connectivity index (χ3v) is 2.71. The molecule has 1 atom stereocenters. The molecule has 0 bridgehead atoms. The average molecular weight is 304 g/mol. The highest BCUT2D eigenvalue weighted by Crippen LogP contribution is 2.08. The summed E-state index contributed by atoms with van der Waals surface area (Å²) >= 11 is 0. The van der Waals surface area contributed by atoms with Crippen molar-refractivity contribution in [3.8, 4) is 0 Å². The van der Waals surface area contributed by atoms with E-state index in [4.69, 9.17) is 4.74 Å². The van der Waals surface area contributed by atoms with Crippen LogP contribution in [0.5, 0.6) is 0 Å². The van der Waals surface area contributed by atoms with Crippen LogP contribution in [0.1, 0.15) is 26.3 Å². The van der Waals surface area contributed by atoms with Gasteiger partial charge >= 0.3 is 6.09 Å². The molecule has 0 saturated heterocycles. The third kappa shape index (κ3) is 6.92. The Morgan fingerprint density at radius 1 is 1.27 bits per heavy atom. The number of nitrogens with one attached hydrogen (secondary N) is 2. The summed E-state index contributed by atoms with van der Waals surface area (Å²) in [6.45, 7) is 9.23. The van der Waals surface area contributed by atoms with Gasteiger partial charge in [0, 0.05) is 13.0 Å². The zero-order valence-corrected chi connectivity index (χ0v) is 13.4. The Morgan fingerprint density at radius 2 is 1.91 bits per heavy atom. The summed E-state index contributed by atoms with van der Waals surface area (Å²) in [4.78, 5) is 24.1. The minimum Gasteiger partial charge on any atom is -0.444 e. The Labute approximate surface area is 131 Å². The van der Waals surface area contributed by atoms with Gasteiger partial charge in [0.25, 0.3) is 0 Å². The SMILES string of the molecule is C=CCNC(=O)[C@H](Cc1ccccc1)NC(=O)OC(C)(C)C. The molecule has 0 aliphatic heterocycles. The molecule has 0 saturated carbocycles. The van der Waals surface area contributed by atoms with Crippen molar-refractivity contribution < 1.29 is 14.3 Å². The molecule has 0 heterocycles. The van der Waals surface area contributed by atoms with Gasteiger partial charge in [-0.3, -0.25) is 4.79 Å². The summed E-state index contributed by atoms with van der Waals surface area (Å²) < 4.78 is 5.21. The van der Waals surface area contributed by atoms with Gasteiger partial charge in [0.2, 0.25) is 5.91 Å². The first kappa shape index (κ1) is 17.8. The van der Waals surface area contributed by atoms with Crippen LogP contribution in [0.3, 0.4) is 0 Å². The monoisotopic (exact) mass is 304 g/mol. The van der Waals surface area contributed by atoms with E-state index in [1.165, 1.54) is 0 Å². The smallest absolute Gasteiger partial charge is 0.408 e. The number of hydrogen-bond acceptors (Lipinski definition) is 3. The van der Waals surface area contributed by atoms with E-state index in [0.717, 1.165) is 5.56 Å². The maximum Gasteiger partial charge on any atom is 0.408 e. The molecule has 0 fully saturated rings. The van der Waals surface area contributed by atoms with Crippen molar-refractivity contribution in [2.75, 3.05) is 6.54 Å². The van der Waals surface area contributed by atoms with Crippen LogP contribution in [0.2, 0.25) is 0 Å². The number of carbonyl (C=O) groups excluding carboxylic acids is 2. The standard InChI is InChI=1S/C17H24N2O3/c1-5-11-18-15(20)14(12-13-9-7-6-8-10-13)19-16(21)22-17(2,3)4/h5-10,14H,1,11-12H2,2-4H3,(H,18,20)(H,19,21)/t14-/m0/s1. The van der Waals surface area contributed by atoms with Crippen molar-refractivity contribution in [1.82, 2.24) is 10.6 Å². The molecule has 5 heteroatoms. The van der Waals surface area contributed by atoms with Gasteiger partial charge in [-0.05, 0) is 26.3 Å². The van der Waals surface area contributed by atoms with E-state index < -0.39 is 17.7 Å². The predicted molar refractivity (Wildman–Crippen MR) is 86.5 cm³/mol. The zero-order valence-electron chi connectivity index (χ0n) is 13.4. The van der Waals surface area contributed by atoms with Crippen molar-refractivity contribution in [3.63, 3.8) is 0 Å². The van der Waals surface area contributed by atoms with Gasteiger partial charge in [-0.15, -0.1) is 6.58 Å². The van der Waals surface area contributed by atoms with Crippen molar-refractivity contribution in [3.05, 3.63) is 48.6 Å². The fourth-order valence-corrected chi connectivity index (χ4v) is 1.80. The molecule has 0 unspecified atom stereocenters. The first-order valence-corrected chi connectivity index (χ1v) is 7.24. The number of carbonyl (C=O) groups is 2. The number of amides is 2. The Kier molecular flexibility index (Phi) is 6.63. The molecule has 1 aromatic rings. The summed E-state index contributed by atoms with van der Waals surface area (Å²) in [5.74, 6) is -0.269. The fraction of sp³-hybridized carbons (Fsp3) is 0.412. The van der Waals surface area contributed by atoms with Gasteiger partial charge in [-0.25, -0.2) is 4.79 Å². The van der Waals surface area contributed by atoms with Crippen molar-refractivity contribution in [2.45, 2.75) is 38.8 Å². The van der Waals surface area contributed by atoms with Crippen LogP contribution in [-0.4, -0.2) is 30.2 Å². The Hall–Kier alpha value is -2.30. The first-order valence-electron chi connectivity index (χ1n) is 7.24. The van der Waals surface area contributed by atoms with Crippen molar-refractivity contribution in [1.29, 1.82) is 0 Å². The number of hydrogen-bond donors (Lipinski definition) is 2. The van der Waals surface area contributed by atoms with Gasteiger partial charge in [0.1, 0.15) is 11.6 Å². The summed E-state index contributed by atoms with van der Waals surface area (Å²) in [6.07, 6.45) is 1.37. The van der Waals surface area contributed by atoms with Crippen LogP contribution in [0, 0.1) is 0 Å². The highest BCUT2D eigenvalue weighted by molar-refractivity contribution is 5.86. The van der Waals surface area contributed by atoms with E-state index >= 15 is 0 Å². The molecular formula is C17H24N2O3. The largest absolute Gasteiger partial charge is 0.444 e. The molecule has 0 aliphatic carbocycles. The molecule has 1 aromatic carbocycles. The Bertz CT molecular complexity index is 506. The highest BCUT2D eigenvalue weighted by Gasteiger charge is 2.24. The van der Waals surface area contributed by atoms with E-state index in [1.54, 1.807) is 26.8 Å². The molecule has 0 spiro atoms. The number of alkyl carbamates (subject to hydrolysis) is 1. The number of ether oxygens (including phenoxy) is 1. The molecule has 5 nitrogen and oxygen atoms in total. The van der Waals surface area contributed by atoms with E-state index in [9.17, 15) is 9.59 Å². The Balaban J connectivity index is 2.75. The minimum atomic E-state index is -0.697. The molecular weight excluding hydrogens is 280 g/mol. The topological polar surface area (TPSA) is 67.4 Å². The molecule has 0 aromatic heterocycles. The normalized spacial score (nSPS) is 12.1.